The molecule has 0 radical (unpaired) electrons. The minimum Gasteiger partial charge on any atom is -0.377 e. The van der Waals surface area contributed by atoms with Gasteiger partial charge in [0.25, 0.3) is 5.91 Å². The first-order chi connectivity index (χ1) is 11.2. The zero-order chi connectivity index (χ0) is 15.8. The average Bonchev–Trinajstić information content (AvgIpc) is 3.28. The lowest BCUT2D eigenvalue weighted by Crippen LogP contribution is -2.52. The van der Waals surface area contributed by atoms with Crippen LogP contribution in [0.4, 0.5) is 0 Å². The van der Waals surface area contributed by atoms with Gasteiger partial charge in [0.2, 0.25) is 0 Å². The van der Waals surface area contributed by atoms with E-state index in [4.69, 9.17) is 9.57 Å². The van der Waals surface area contributed by atoms with Crippen LogP contribution in [-0.2, 0) is 20.9 Å². The fourth-order valence-electron chi connectivity index (χ4n) is 3.99. The monoisotopic (exact) mass is 336 g/mol. The second kappa shape index (κ2) is 6.51. The van der Waals surface area contributed by atoms with Crippen LogP contribution in [0.3, 0.4) is 0 Å². The highest BCUT2D eigenvalue weighted by Gasteiger charge is 2.43. The lowest BCUT2D eigenvalue weighted by atomic mass is 9.89. The fourth-order valence-corrected chi connectivity index (χ4v) is 4.92. The zero-order valence-electron chi connectivity index (χ0n) is 13.6. The number of aryl methyl sites for hydroxylation is 1. The smallest absolute Gasteiger partial charge is 0.250 e. The number of hydrogen-bond donors (Lipinski definition) is 0. The number of fused-ring (bicyclic) bond motifs is 1. The predicted octanol–water partition coefficient (Wildman–Crippen LogP) is 2.20. The summed E-state index contributed by atoms with van der Waals surface area (Å²) in [7, 11) is 0. The molecule has 3 aliphatic rings. The molecule has 0 bridgehead atoms. The SMILES string of the molecule is Cc1ccsc1CN1C[C@H](C(=O)N2CCCO2)C[C@@H]2OCC[C@@H]21. The topological polar surface area (TPSA) is 42.0 Å². The van der Waals surface area contributed by atoms with Crippen molar-refractivity contribution in [2.75, 3.05) is 26.3 Å². The number of carbonyl (C=O) groups is 1. The molecular formula is C17H24N2O3S. The summed E-state index contributed by atoms with van der Waals surface area (Å²) in [6.07, 6.45) is 3.05. The maximum absolute atomic E-state index is 12.7. The summed E-state index contributed by atoms with van der Waals surface area (Å²) in [6.45, 7) is 6.13. The standard InChI is InChI=1S/C17H24N2O3S/c1-12-4-8-23-16(12)11-18-10-13(9-15-14(18)3-7-21-15)17(20)19-5-2-6-22-19/h4,8,13-15H,2-3,5-7,9-11H2,1H3/t13-,14+,15+/m1/s1. The minimum absolute atomic E-state index is 0.00674. The fraction of sp³-hybridized carbons (Fsp3) is 0.706. The number of rotatable bonds is 3. The Morgan fingerprint density at radius 1 is 1.43 bits per heavy atom. The van der Waals surface area contributed by atoms with Gasteiger partial charge in [-0.2, -0.15) is 0 Å². The third-order valence-electron chi connectivity index (χ3n) is 5.28. The number of amides is 1. The van der Waals surface area contributed by atoms with Gasteiger partial charge in [0.05, 0.1) is 25.2 Å². The van der Waals surface area contributed by atoms with Gasteiger partial charge in [-0.3, -0.25) is 14.5 Å². The number of hydrogen-bond acceptors (Lipinski definition) is 5. The molecule has 126 valence electrons. The molecule has 0 aromatic carbocycles. The number of thiophene rings is 1. The Morgan fingerprint density at radius 3 is 3.09 bits per heavy atom. The molecule has 3 atom stereocenters. The van der Waals surface area contributed by atoms with Crippen molar-refractivity contribution in [3.63, 3.8) is 0 Å². The number of carbonyl (C=O) groups excluding carboxylic acids is 1. The summed E-state index contributed by atoms with van der Waals surface area (Å²) in [5.41, 5.74) is 1.35. The molecule has 3 saturated heterocycles. The van der Waals surface area contributed by atoms with Crippen molar-refractivity contribution in [3.8, 4) is 0 Å². The predicted molar refractivity (Wildman–Crippen MR) is 88.0 cm³/mol. The van der Waals surface area contributed by atoms with E-state index >= 15 is 0 Å². The number of likely N-dealkylation sites (tertiary alicyclic amines) is 1. The first-order valence-electron chi connectivity index (χ1n) is 8.55. The lowest BCUT2D eigenvalue weighted by Gasteiger charge is -2.40. The molecule has 0 spiro atoms. The van der Waals surface area contributed by atoms with Crippen molar-refractivity contribution in [2.45, 2.75) is 44.9 Å². The highest BCUT2D eigenvalue weighted by Crippen LogP contribution is 2.34. The second-order valence-electron chi connectivity index (χ2n) is 6.78. The van der Waals surface area contributed by atoms with Crippen molar-refractivity contribution in [1.29, 1.82) is 0 Å². The number of hydroxylamine groups is 2. The van der Waals surface area contributed by atoms with Crippen molar-refractivity contribution in [1.82, 2.24) is 9.96 Å². The van der Waals surface area contributed by atoms with Gasteiger partial charge >= 0.3 is 0 Å². The Kier molecular flexibility index (Phi) is 4.41. The van der Waals surface area contributed by atoms with Gasteiger partial charge in [0.15, 0.2) is 0 Å². The molecule has 3 aliphatic heterocycles. The number of nitrogens with zero attached hydrogens (tertiary/aromatic N) is 2. The second-order valence-corrected chi connectivity index (χ2v) is 7.78. The third-order valence-corrected chi connectivity index (χ3v) is 6.29. The molecule has 1 aromatic rings. The minimum atomic E-state index is -0.00674. The van der Waals surface area contributed by atoms with Crippen molar-refractivity contribution in [3.05, 3.63) is 21.9 Å². The largest absolute Gasteiger partial charge is 0.377 e. The van der Waals surface area contributed by atoms with Crippen LogP contribution >= 0.6 is 11.3 Å². The molecule has 1 aromatic heterocycles. The van der Waals surface area contributed by atoms with Crippen molar-refractivity contribution < 1.29 is 14.4 Å². The van der Waals surface area contributed by atoms with Gasteiger partial charge in [-0.15, -0.1) is 11.3 Å². The lowest BCUT2D eigenvalue weighted by molar-refractivity contribution is -0.177. The molecule has 0 N–H and O–H groups in total. The molecule has 4 heterocycles. The van der Waals surface area contributed by atoms with E-state index < -0.39 is 0 Å². The van der Waals surface area contributed by atoms with Gasteiger partial charge in [-0.25, -0.2) is 5.06 Å². The number of piperidine rings is 1. The van der Waals surface area contributed by atoms with Crippen LogP contribution in [-0.4, -0.2) is 54.3 Å². The Bertz CT molecular complexity index is 570. The van der Waals surface area contributed by atoms with E-state index in [1.54, 1.807) is 5.06 Å². The van der Waals surface area contributed by atoms with E-state index in [1.807, 2.05) is 11.3 Å². The zero-order valence-corrected chi connectivity index (χ0v) is 14.4. The van der Waals surface area contributed by atoms with E-state index in [1.165, 1.54) is 10.4 Å². The molecule has 4 rings (SSSR count). The molecule has 0 saturated carbocycles. The molecule has 6 heteroatoms. The van der Waals surface area contributed by atoms with Crippen LogP contribution in [0.2, 0.25) is 0 Å². The summed E-state index contributed by atoms with van der Waals surface area (Å²) >= 11 is 1.81. The van der Waals surface area contributed by atoms with Gasteiger partial charge < -0.3 is 4.74 Å². The molecule has 5 nitrogen and oxygen atoms in total. The summed E-state index contributed by atoms with van der Waals surface area (Å²) < 4.78 is 5.93. The van der Waals surface area contributed by atoms with Crippen LogP contribution in [0.1, 0.15) is 29.7 Å². The molecule has 3 fully saturated rings. The van der Waals surface area contributed by atoms with Crippen LogP contribution in [0, 0.1) is 12.8 Å². The van der Waals surface area contributed by atoms with E-state index in [0.717, 1.165) is 45.5 Å². The Morgan fingerprint density at radius 2 is 2.35 bits per heavy atom. The molecule has 0 unspecified atom stereocenters. The third kappa shape index (κ3) is 3.05. The molecule has 1 amide bonds. The van der Waals surface area contributed by atoms with Crippen LogP contribution in [0.15, 0.2) is 11.4 Å². The highest BCUT2D eigenvalue weighted by atomic mass is 32.1. The van der Waals surface area contributed by atoms with Crippen molar-refractivity contribution >= 4 is 17.2 Å². The first kappa shape index (κ1) is 15.6. The quantitative estimate of drug-likeness (QED) is 0.849. The number of ether oxygens (including phenoxy) is 1. The first-order valence-corrected chi connectivity index (χ1v) is 9.43. The van der Waals surface area contributed by atoms with Gasteiger partial charge in [0.1, 0.15) is 0 Å². The van der Waals surface area contributed by atoms with Gasteiger partial charge in [-0.05, 0) is 43.2 Å². The Labute approximate surface area is 141 Å². The average molecular weight is 336 g/mol. The molecule has 0 aliphatic carbocycles. The Balaban J connectivity index is 1.50. The molecule has 23 heavy (non-hydrogen) atoms. The summed E-state index contributed by atoms with van der Waals surface area (Å²) in [5, 5.41) is 3.73. The van der Waals surface area contributed by atoms with Crippen LogP contribution in [0.5, 0.6) is 0 Å². The van der Waals surface area contributed by atoms with Gasteiger partial charge in [-0.1, -0.05) is 0 Å². The van der Waals surface area contributed by atoms with Gasteiger partial charge in [0, 0.05) is 30.6 Å². The van der Waals surface area contributed by atoms with Crippen molar-refractivity contribution in [2.24, 2.45) is 5.92 Å². The van der Waals surface area contributed by atoms with E-state index in [-0.39, 0.29) is 17.9 Å². The van der Waals surface area contributed by atoms with Crippen LogP contribution in [0.25, 0.3) is 0 Å². The van der Waals surface area contributed by atoms with Crippen LogP contribution < -0.4 is 0 Å². The summed E-state index contributed by atoms with van der Waals surface area (Å²) in [4.78, 5) is 22.1. The maximum atomic E-state index is 12.7. The molecular weight excluding hydrogens is 312 g/mol. The normalized spacial score (nSPS) is 31.5. The van der Waals surface area contributed by atoms with E-state index in [0.29, 0.717) is 12.6 Å². The summed E-state index contributed by atoms with van der Waals surface area (Å²) in [5.74, 6) is 0.136. The highest BCUT2D eigenvalue weighted by molar-refractivity contribution is 7.10. The summed E-state index contributed by atoms with van der Waals surface area (Å²) in [6, 6.07) is 2.63. The van der Waals surface area contributed by atoms with E-state index in [9.17, 15) is 4.79 Å². The van der Waals surface area contributed by atoms with E-state index in [2.05, 4.69) is 23.3 Å². The Hall–Kier alpha value is -0.950. The maximum Gasteiger partial charge on any atom is 0.250 e.